The second-order valence-corrected chi connectivity index (χ2v) is 13.6. The number of thiophene rings is 1. The maximum absolute atomic E-state index is 12.9. The monoisotopic (exact) mass is 564 g/mol. The molecule has 0 radical (unpaired) electrons. The van der Waals surface area contributed by atoms with Gasteiger partial charge in [-0.2, -0.15) is 0 Å². The minimum atomic E-state index is -3.65. The van der Waals surface area contributed by atoms with Crippen molar-refractivity contribution in [2.75, 3.05) is 38.0 Å². The molecule has 5 rings (SSSR count). The summed E-state index contributed by atoms with van der Waals surface area (Å²) >= 11 is 1.54. The maximum atomic E-state index is 12.9. The molecule has 8 nitrogen and oxygen atoms in total. The van der Waals surface area contributed by atoms with Gasteiger partial charge in [0, 0.05) is 54.9 Å². The molecule has 10 heteroatoms. The third-order valence-electron chi connectivity index (χ3n) is 6.74. The van der Waals surface area contributed by atoms with Crippen LogP contribution in [0.4, 0.5) is 11.6 Å². The zero-order chi connectivity index (χ0) is 27.6. The van der Waals surface area contributed by atoms with Crippen LogP contribution in [0.25, 0.3) is 21.3 Å². The fourth-order valence-corrected chi connectivity index (χ4v) is 7.07. The van der Waals surface area contributed by atoms with Crippen molar-refractivity contribution in [2.45, 2.75) is 44.7 Å². The summed E-state index contributed by atoms with van der Waals surface area (Å²) in [6.07, 6.45) is 1.81. The van der Waals surface area contributed by atoms with Gasteiger partial charge in [-0.3, -0.25) is 4.90 Å². The van der Waals surface area contributed by atoms with Crippen LogP contribution in [0.15, 0.2) is 65.0 Å². The van der Waals surface area contributed by atoms with Gasteiger partial charge in [-0.05, 0) is 62.7 Å². The van der Waals surface area contributed by atoms with Crippen LogP contribution in [-0.4, -0.2) is 66.4 Å². The van der Waals surface area contributed by atoms with Gasteiger partial charge >= 0.3 is 0 Å². The number of sulfonamides is 1. The Morgan fingerprint density at radius 3 is 2.41 bits per heavy atom. The number of hydrogen-bond acceptors (Lipinski definition) is 8. The van der Waals surface area contributed by atoms with Crippen LogP contribution < -0.4 is 10.0 Å². The Bertz CT molecular complexity index is 1540. The average Bonchev–Trinajstić information content (AvgIpc) is 3.32. The maximum Gasteiger partial charge on any atom is 0.241 e. The Labute approximate surface area is 235 Å². The van der Waals surface area contributed by atoms with Crippen LogP contribution in [0.1, 0.15) is 33.3 Å². The molecule has 0 atom stereocenters. The average molecular weight is 565 g/mol. The molecule has 1 fully saturated rings. The third kappa shape index (κ3) is 6.82. The van der Waals surface area contributed by atoms with E-state index in [9.17, 15) is 8.42 Å². The van der Waals surface area contributed by atoms with Crippen LogP contribution in [0.3, 0.4) is 0 Å². The molecular weight excluding hydrogens is 528 g/mol. The number of rotatable bonds is 8. The molecule has 3 heterocycles. The van der Waals surface area contributed by atoms with Crippen LogP contribution in [0.2, 0.25) is 0 Å². The van der Waals surface area contributed by atoms with E-state index in [0.29, 0.717) is 5.95 Å². The Kier molecular flexibility index (Phi) is 8.02. The highest BCUT2D eigenvalue weighted by atomic mass is 32.2. The largest absolute Gasteiger partial charge is 0.324 e. The summed E-state index contributed by atoms with van der Waals surface area (Å²) < 4.78 is 29.5. The van der Waals surface area contributed by atoms with E-state index in [-0.39, 0.29) is 4.90 Å². The van der Waals surface area contributed by atoms with E-state index in [4.69, 9.17) is 4.98 Å². The molecule has 206 valence electrons. The predicted molar refractivity (Wildman–Crippen MR) is 160 cm³/mol. The zero-order valence-corrected chi connectivity index (χ0v) is 24.6. The lowest BCUT2D eigenvalue weighted by Gasteiger charge is -2.34. The van der Waals surface area contributed by atoms with E-state index in [1.807, 2.05) is 38.4 Å². The molecule has 39 heavy (non-hydrogen) atoms. The molecule has 2 aromatic heterocycles. The second kappa shape index (κ2) is 11.3. The van der Waals surface area contributed by atoms with Crippen LogP contribution >= 0.6 is 11.3 Å². The van der Waals surface area contributed by atoms with Crippen molar-refractivity contribution >= 4 is 43.2 Å². The fraction of sp³-hybridized carbons (Fsp3) is 0.379. The highest BCUT2D eigenvalue weighted by Gasteiger charge is 2.23. The molecule has 0 aliphatic carbocycles. The zero-order valence-electron chi connectivity index (χ0n) is 22.9. The molecule has 0 unspecified atom stereocenters. The Hall–Kier alpha value is -2.89. The standard InChI is InChI=1S/C29H36N6O2S2/c1-5-34-13-15-35(16-14-34)19-21-9-11-23(12-10-21)31-28-30-18-26-27(32-28)25(20-38-26)22-7-6-8-24(17-22)39(36,37)33-29(2,3)4/h6-12,17-18,20,33H,5,13-16,19H2,1-4H3,(H,30,31,32). The molecule has 0 spiro atoms. The highest BCUT2D eigenvalue weighted by molar-refractivity contribution is 7.89. The van der Waals surface area contributed by atoms with Gasteiger partial charge in [0.2, 0.25) is 16.0 Å². The van der Waals surface area contributed by atoms with E-state index in [2.05, 4.69) is 56.0 Å². The molecule has 0 saturated carbocycles. The summed E-state index contributed by atoms with van der Waals surface area (Å²) in [4.78, 5) is 14.5. The topological polar surface area (TPSA) is 90.5 Å². The number of hydrogen-bond donors (Lipinski definition) is 2. The Balaban J connectivity index is 1.32. The lowest BCUT2D eigenvalue weighted by atomic mass is 10.1. The first-order chi connectivity index (χ1) is 18.6. The summed E-state index contributed by atoms with van der Waals surface area (Å²) in [7, 11) is -3.65. The first kappa shape index (κ1) is 27.7. The number of fused-ring (bicyclic) bond motifs is 1. The van der Waals surface area contributed by atoms with Crippen molar-refractivity contribution in [2.24, 2.45) is 0 Å². The second-order valence-electron chi connectivity index (χ2n) is 11.0. The number of piperazine rings is 1. The van der Waals surface area contributed by atoms with Crippen LogP contribution in [0.5, 0.6) is 0 Å². The Morgan fingerprint density at radius 1 is 1.00 bits per heavy atom. The number of likely N-dealkylation sites (N-methyl/N-ethyl adjacent to an activating group) is 1. The summed E-state index contributed by atoms with van der Waals surface area (Å²) in [6, 6.07) is 15.4. The van der Waals surface area contributed by atoms with Gasteiger partial charge in [-0.15, -0.1) is 11.3 Å². The van der Waals surface area contributed by atoms with Gasteiger partial charge < -0.3 is 10.2 Å². The van der Waals surface area contributed by atoms with E-state index in [1.54, 1.807) is 29.5 Å². The first-order valence-corrected chi connectivity index (χ1v) is 15.7. The lowest BCUT2D eigenvalue weighted by Crippen LogP contribution is -2.45. The van der Waals surface area contributed by atoms with Crippen molar-refractivity contribution in [3.8, 4) is 11.1 Å². The van der Waals surface area contributed by atoms with Crippen LogP contribution in [-0.2, 0) is 16.6 Å². The van der Waals surface area contributed by atoms with E-state index >= 15 is 0 Å². The molecule has 1 aliphatic heterocycles. The van der Waals surface area contributed by atoms with E-state index in [1.165, 1.54) is 5.56 Å². The molecule has 4 aromatic rings. The molecular formula is C29H36N6O2S2. The number of benzene rings is 2. The summed E-state index contributed by atoms with van der Waals surface area (Å²) in [6.45, 7) is 14.3. The fourth-order valence-electron chi connectivity index (χ4n) is 4.73. The van der Waals surface area contributed by atoms with Gasteiger partial charge in [-0.1, -0.05) is 31.2 Å². The van der Waals surface area contributed by atoms with Gasteiger partial charge in [0.15, 0.2) is 0 Å². The van der Waals surface area contributed by atoms with Crippen molar-refractivity contribution in [1.29, 1.82) is 0 Å². The van der Waals surface area contributed by atoms with Gasteiger partial charge in [0.05, 0.1) is 21.3 Å². The van der Waals surface area contributed by atoms with E-state index < -0.39 is 15.6 Å². The number of nitrogens with zero attached hydrogens (tertiary/aromatic N) is 4. The highest BCUT2D eigenvalue weighted by Crippen LogP contribution is 2.34. The summed E-state index contributed by atoms with van der Waals surface area (Å²) in [5.41, 5.74) is 4.11. The molecule has 1 saturated heterocycles. The van der Waals surface area contributed by atoms with Crippen molar-refractivity contribution in [3.05, 3.63) is 65.7 Å². The van der Waals surface area contributed by atoms with Crippen molar-refractivity contribution < 1.29 is 8.42 Å². The smallest absolute Gasteiger partial charge is 0.241 e. The summed E-state index contributed by atoms with van der Waals surface area (Å²) in [5.74, 6) is 0.503. The summed E-state index contributed by atoms with van der Waals surface area (Å²) in [5, 5.41) is 5.33. The minimum absolute atomic E-state index is 0.231. The molecule has 2 N–H and O–H groups in total. The van der Waals surface area contributed by atoms with Crippen molar-refractivity contribution in [1.82, 2.24) is 24.5 Å². The van der Waals surface area contributed by atoms with Crippen LogP contribution in [0, 0.1) is 0 Å². The van der Waals surface area contributed by atoms with Gasteiger partial charge in [0.1, 0.15) is 0 Å². The van der Waals surface area contributed by atoms with Crippen molar-refractivity contribution in [3.63, 3.8) is 0 Å². The normalized spacial score (nSPS) is 15.6. The molecule has 2 aromatic carbocycles. The quantitative estimate of drug-likeness (QED) is 0.300. The minimum Gasteiger partial charge on any atom is -0.324 e. The number of aromatic nitrogens is 2. The van der Waals surface area contributed by atoms with E-state index in [0.717, 1.165) is 66.3 Å². The predicted octanol–water partition coefficient (Wildman–Crippen LogP) is 5.32. The third-order valence-corrected chi connectivity index (χ3v) is 9.40. The number of anilines is 2. The van der Waals surface area contributed by atoms with Gasteiger partial charge in [0.25, 0.3) is 0 Å². The van der Waals surface area contributed by atoms with Gasteiger partial charge in [-0.25, -0.2) is 23.1 Å². The Morgan fingerprint density at radius 2 is 1.72 bits per heavy atom. The first-order valence-electron chi connectivity index (χ1n) is 13.3. The SMILES string of the molecule is CCN1CCN(Cc2ccc(Nc3ncc4scc(-c5cccc(S(=O)(=O)NC(C)(C)C)c5)c4n3)cc2)CC1. The lowest BCUT2D eigenvalue weighted by molar-refractivity contribution is 0.132. The molecule has 1 aliphatic rings. The number of nitrogens with one attached hydrogen (secondary N) is 2. The molecule has 0 bridgehead atoms. The molecule has 0 amide bonds.